The molecule has 4 heteroatoms. The van der Waals surface area contributed by atoms with E-state index in [0.717, 1.165) is 5.56 Å². The van der Waals surface area contributed by atoms with Crippen LogP contribution in [0.15, 0.2) is 36.4 Å². The third-order valence-corrected chi connectivity index (χ3v) is 2.98. The van der Waals surface area contributed by atoms with Gasteiger partial charge in [-0.3, -0.25) is 0 Å². The normalized spacial score (nSPS) is 12.5. The van der Waals surface area contributed by atoms with Crippen LogP contribution in [-0.2, 0) is 6.42 Å². The molecule has 2 aromatic carbocycles. The van der Waals surface area contributed by atoms with Crippen LogP contribution in [-0.4, -0.2) is 0 Å². The van der Waals surface area contributed by atoms with Crippen molar-refractivity contribution in [2.75, 3.05) is 0 Å². The Labute approximate surface area is 109 Å². The summed E-state index contributed by atoms with van der Waals surface area (Å²) in [6, 6.07) is 7.39. The standard InChI is InChI=1S/C15H14F3N/c1-9-5-10(7-11(16)6-9)15(19)8-12-13(17)3-2-4-14(12)18/h2-7,15H,8,19H2,1H3. The summed E-state index contributed by atoms with van der Waals surface area (Å²) < 4.78 is 40.3. The van der Waals surface area contributed by atoms with E-state index >= 15 is 0 Å². The molecule has 0 spiro atoms. The third-order valence-electron chi connectivity index (χ3n) is 2.98. The zero-order chi connectivity index (χ0) is 14.0. The molecule has 0 aliphatic heterocycles. The Morgan fingerprint density at radius 3 is 2.26 bits per heavy atom. The van der Waals surface area contributed by atoms with E-state index in [0.29, 0.717) is 5.56 Å². The van der Waals surface area contributed by atoms with Crippen molar-refractivity contribution >= 4 is 0 Å². The van der Waals surface area contributed by atoms with E-state index in [1.54, 1.807) is 13.0 Å². The van der Waals surface area contributed by atoms with Gasteiger partial charge in [0.15, 0.2) is 0 Å². The average molecular weight is 265 g/mol. The molecule has 0 fully saturated rings. The van der Waals surface area contributed by atoms with Gasteiger partial charge >= 0.3 is 0 Å². The summed E-state index contributed by atoms with van der Waals surface area (Å²) in [5, 5.41) is 0. The number of hydrogen-bond donors (Lipinski definition) is 1. The molecule has 0 bridgehead atoms. The highest BCUT2D eigenvalue weighted by molar-refractivity contribution is 5.29. The first kappa shape index (κ1) is 13.6. The van der Waals surface area contributed by atoms with E-state index in [9.17, 15) is 13.2 Å². The molecule has 1 nitrogen and oxygen atoms in total. The van der Waals surface area contributed by atoms with Gasteiger partial charge in [0, 0.05) is 11.6 Å². The molecule has 0 radical (unpaired) electrons. The molecule has 19 heavy (non-hydrogen) atoms. The molecule has 0 aromatic heterocycles. The first-order chi connectivity index (χ1) is 8.97. The van der Waals surface area contributed by atoms with E-state index in [4.69, 9.17) is 5.73 Å². The highest BCUT2D eigenvalue weighted by Crippen LogP contribution is 2.22. The average Bonchev–Trinajstić information content (AvgIpc) is 2.32. The molecule has 0 heterocycles. The fraction of sp³-hybridized carbons (Fsp3) is 0.200. The van der Waals surface area contributed by atoms with Crippen LogP contribution in [0.5, 0.6) is 0 Å². The Morgan fingerprint density at radius 2 is 1.68 bits per heavy atom. The lowest BCUT2D eigenvalue weighted by atomic mass is 9.97. The highest BCUT2D eigenvalue weighted by atomic mass is 19.1. The molecule has 0 aliphatic rings. The van der Waals surface area contributed by atoms with Crippen molar-refractivity contribution in [2.24, 2.45) is 5.73 Å². The molecule has 1 atom stereocenters. The van der Waals surface area contributed by atoms with Gasteiger partial charge in [0.25, 0.3) is 0 Å². The van der Waals surface area contributed by atoms with Crippen LogP contribution in [0.25, 0.3) is 0 Å². The Balaban J connectivity index is 2.28. The minimum absolute atomic E-state index is 0.0125. The van der Waals surface area contributed by atoms with Gasteiger partial charge in [-0.15, -0.1) is 0 Å². The molecule has 0 amide bonds. The van der Waals surface area contributed by atoms with Gasteiger partial charge in [-0.25, -0.2) is 13.2 Å². The number of aryl methyl sites for hydroxylation is 1. The van der Waals surface area contributed by atoms with Gasteiger partial charge in [0.05, 0.1) is 0 Å². The molecule has 2 rings (SSSR count). The van der Waals surface area contributed by atoms with Crippen LogP contribution in [0.2, 0.25) is 0 Å². The lowest BCUT2D eigenvalue weighted by molar-refractivity contribution is 0.538. The van der Waals surface area contributed by atoms with Crippen LogP contribution in [0, 0.1) is 24.4 Å². The molecule has 1 unspecified atom stereocenters. The minimum atomic E-state index is -0.652. The molecule has 0 saturated heterocycles. The summed E-state index contributed by atoms with van der Waals surface area (Å²) in [6.07, 6.45) is -0.0125. The maximum absolute atomic E-state index is 13.5. The summed E-state index contributed by atoms with van der Waals surface area (Å²) in [6.45, 7) is 1.74. The molecular weight excluding hydrogens is 251 g/mol. The van der Waals surface area contributed by atoms with Crippen molar-refractivity contribution in [3.05, 3.63) is 70.5 Å². The van der Waals surface area contributed by atoms with Crippen LogP contribution in [0.1, 0.15) is 22.7 Å². The summed E-state index contributed by atoms with van der Waals surface area (Å²) in [5.41, 5.74) is 7.08. The maximum Gasteiger partial charge on any atom is 0.129 e. The lowest BCUT2D eigenvalue weighted by Crippen LogP contribution is -2.15. The van der Waals surface area contributed by atoms with Crippen LogP contribution >= 0.6 is 0 Å². The van der Waals surface area contributed by atoms with E-state index in [1.807, 2.05) is 0 Å². The first-order valence-corrected chi connectivity index (χ1v) is 5.93. The van der Waals surface area contributed by atoms with Gasteiger partial charge < -0.3 is 5.73 Å². The van der Waals surface area contributed by atoms with Crippen LogP contribution in [0.4, 0.5) is 13.2 Å². The van der Waals surface area contributed by atoms with Crippen molar-refractivity contribution in [3.8, 4) is 0 Å². The lowest BCUT2D eigenvalue weighted by Gasteiger charge is -2.14. The van der Waals surface area contributed by atoms with E-state index in [1.165, 1.54) is 30.3 Å². The summed E-state index contributed by atoms with van der Waals surface area (Å²) >= 11 is 0. The zero-order valence-electron chi connectivity index (χ0n) is 10.5. The topological polar surface area (TPSA) is 26.0 Å². The number of benzene rings is 2. The first-order valence-electron chi connectivity index (χ1n) is 5.93. The van der Waals surface area contributed by atoms with Crippen LogP contribution in [0.3, 0.4) is 0 Å². The number of hydrogen-bond acceptors (Lipinski definition) is 1. The summed E-state index contributed by atoms with van der Waals surface area (Å²) in [5.74, 6) is -1.67. The zero-order valence-corrected chi connectivity index (χ0v) is 10.5. The second kappa shape index (κ2) is 5.45. The van der Waals surface area contributed by atoms with Gasteiger partial charge in [-0.05, 0) is 48.7 Å². The Bertz CT molecular complexity index is 555. The molecule has 2 aromatic rings. The fourth-order valence-corrected chi connectivity index (χ4v) is 2.04. The predicted octanol–water partition coefficient (Wildman–Crippen LogP) is 3.65. The molecule has 2 N–H and O–H groups in total. The molecule has 100 valence electrons. The number of nitrogens with two attached hydrogens (primary N) is 1. The van der Waals surface area contributed by atoms with Gasteiger partial charge in [0.2, 0.25) is 0 Å². The Kier molecular flexibility index (Phi) is 3.90. The Hall–Kier alpha value is -1.81. The maximum atomic E-state index is 13.5. The molecule has 0 aliphatic carbocycles. The molecule has 0 saturated carbocycles. The van der Waals surface area contributed by atoms with Crippen molar-refractivity contribution in [1.29, 1.82) is 0 Å². The van der Waals surface area contributed by atoms with Gasteiger partial charge in [-0.1, -0.05) is 12.1 Å². The van der Waals surface area contributed by atoms with Gasteiger partial charge in [-0.2, -0.15) is 0 Å². The SMILES string of the molecule is Cc1cc(F)cc(C(N)Cc2c(F)cccc2F)c1. The smallest absolute Gasteiger partial charge is 0.129 e. The monoisotopic (exact) mass is 265 g/mol. The highest BCUT2D eigenvalue weighted by Gasteiger charge is 2.15. The fourth-order valence-electron chi connectivity index (χ4n) is 2.04. The third kappa shape index (κ3) is 3.15. The van der Waals surface area contributed by atoms with Crippen molar-refractivity contribution in [1.82, 2.24) is 0 Å². The van der Waals surface area contributed by atoms with E-state index in [-0.39, 0.29) is 12.0 Å². The van der Waals surface area contributed by atoms with Gasteiger partial charge in [0.1, 0.15) is 17.5 Å². The quantitative estimate of drug-likeness (QED) is 0.900. The largest absolute Gasteiger partial charge is 0.324 e. The van der Waals surface area contributed by atoms with Crippen molar-refractivity contribution in [3.63, 3.8) is 0 Å². The van der Waals surface area contributed by atoms with Crippen molar-refractivity contribution < 1.29 is 13.2 Å². The Morgan fingerprint density at radius 1 is 1.05 bits per heavy atom. The van der Waals surface area contributed by atoms with Crippen LogP contribution < -0.4 is 5.73 Å². The summed E-state index contributed by atoms with van der Waals surface area (Å²) in [7, 11) is 0. The number of halogens is 3. The van der Waals surface area contributed by atoms with E-state index < -0.39 is 23.5 Å². The second-order valence-corrected chi connectivity index (χ2v) is 4.57. The molecular formula is C15H14F3N. The van der Waals surface area contributed by atoms with Crippen molar-refractivity contribution in [2.45, 2.75) is 19.4 Å². The van der Waals surface area contributed by atoms with E-state index in [2.05, 4.69) is 0 Å². The predicted molar refractivity (Wildman–Crippen MR) is 68.1 cm³/mol. The summed E-state index contributed by atoms with van der Waals surface area (Å²) in [4.78, 5) is 0. The number of rotatable bonds is 3. The minimum Gasteiger partial charge on any atom is -0.324 e. The second-order valence-electron chi connectivity index (χ2n) is 4.57.